The lowest BCUT2D eigenvalue weighted by Gasteiger charge is -2.18. The van der Waals surface area contributed by atoms with Crippen LogP contribution in [0.15, 0.2) is 51.1 Å². The molecular formula is C31H35F6O2S+. The van der Waals surface area contributed by atoms with Gasteiger partial charge in [0.2, 0.25) is 0 Å². The second-order valence-corrected chi connectivity index (χ2v) is 12.2. The fourth-order valence-electron chi connectivity index (χ4n) is 4.94. The molecule has 0 amide bonds. The molecule has 0 aliphatic carbocycles. The van der Waals surface area contributed by atoms with E-state index in [1.807, 2.05) is 24.3 Å². The second-order valence-electron chi connectivity index (χ2n) is 10.2. The van der Waals surface area contributed by atoms with Crippen LogP contribution in [-0.4, -0.2) is 25.6 Å². The van der Waals surface area contributed by atoms with E-state index < -0.39 is 36.5 Å². The Bertz CT molecular complexity index is 1220. The number of hydrogen-bond acceptors (Lipinski definition) is 2. The van der Waals surface area contributed by atoms with Crippen molar-refractivity contribution < 1.29 is 35.8 Å². The van der Waals surface area contributed by atoms with Crippen molar-refractivity contribution in [1.29, 1.82) is 0 Å². The summed E-state index contributed by atoms with van der Waals surface area (Å²) in [6.07, 6.45) is -6.97. The molecule has 0 heterocycles. The summed E-state index contributed by atoms with van der Waals surface area (Å²) in [7, 11) is -0.703. The Kier molecular flexibility index (Phi) is 9.81. The molecule has 0 saturated heterocycles. The Labute approximate surface area is 235 Å². The van der Waals surface area contributed by atoms with Crippen LogP contribution in [0.5, 0.6) is 11.5 Å². The van der Waals surface area contributed by atoms with Crippen molar-refractivity contribution >= 4 is 10.9 Å². The van der Waals surface area contributed by atoms with Crippen molar-refractivity contribution in [2.75, 3.05) is 13.2 Å². The fraction of sp³-hybridized carbons (Fsp3) is 0.419. The molecule has 0 fully saturated rings. The van der Waals surface area contributed by atoms with Crippen LogP contribution in [0.1, 0.15) is 52.3 Å². The van der Waals surface area contributed by atoms with Gasteiger partial charge in [-0.15, -0.1) is 0 Å². The van der Waals surface area contributed by atoms with Crippen LogP contribution < -0.4 is 9.47 Å². The maximum absolute atomic E-state index is 12.9. The molecule has 0 saturated carbocycles. The molecule has 218 valence electrons. The van der Waals surface area contributed by atoms with Crippen LogP contribution in [0.3, 0.4) is 0 Å². The highest BCUT2D eigenvalue weighted by Crippen LogP contribution is 2.40. The van der Waals surface area contributed by atoms with E-state index in [9.17, 15) is 26.3 Å². The minimum absolute atomic E-state index is 0.193. The molecule has 0 spiro atoms. The number of benzene rings is 3. The van der Waals surface area contributed by atoms with Gasteiger partial charge in [0.25, 0.3) is 0 Å². The molecule has 0 atom stereocenters. The van der Waals surface area contributed by atoms with Gasteiger partial charge in [0, 0.05) is 24.3 Å². The van der Waals surface area contributed by atoms with Gasteiger partial charge in [0.1, 0.15) is 11.5 Å². The highest BCUT2D eigenvalue weighted by atomic mass is 32.2. The Morgan fingerprint density at radius 1 is 0.550 bits per heavy atom. The largest absolute Gasteiger partial charge is 0.484 e. The van der Waals surface area contributed by atoms with Crippen molar-refractivity contribution in [2.45, 2.75) is 88.3 Å². The molecule has 0 aliphatic heterocycles. The monoisotopic (exact) mass is 585 g/mol. The molecule has 3 rings (SSSR count). The lowest BCUT2D eigenvalue weighted by molar-refractivity contribution is -0.154. The molecular weight excluding hydrogens is 550 g/mol. The zero-order valence-electron chi connectivity index (χ0n) is 23.8. The van der Waals surface area contributed by atoms with E-state index in [1.54, 1.807) is 27.7 Å². The van der Waals surface area contributed by atoms with Crippen LogP contribution in [0, 0.1) is 41.5 Å². The molecule has 9 heteroatoms. The van der Waals surface area contributed by atoms with E-state index in [4.69, 9.17) is 9.47 Å². The first-order valence-electron chi connectivity index (χ1n) is 13.0. The van der Waals surface area contributed by atoms with Crippen LogP contribution in [0.25, 0.3) is 0 Å². The molecule has 3 aromatic rings. The minimum atomic E-state index is -4.46. The van der Waals surface area contributed by atoms with Gasteiger partial charge in [-0.05, 0) is 99.0 Å². The third kappa shape index (κ3) is 7.89. The number of halogens is 6. The summed E-state index contributed by atoms with van der Waals surface area (Å²) >= 11 is 0. The maximum Gasteiger partial charge on any atom is 0.422 e. The average molecular weight is 586 g/mol. The summed E-state index contributed by atoms with van der Waals surface area (Å²) in [6, 6.07) is 11.6. The van der Waals surface area contributed by atoms with Crippen molar-refractivity contribution in [2.24, 2.45) is 0 Å². The Balaban J connectivity index is 2.19. The summed E-state index contributed by atoms with van der Waals surface area (Å²) in [6.45, 7) is 10.4. The van der Waals surface area contributed by atoms with Crippen LogP contribution in [-0.2, 0) is 17.3 Å². The summed E-state index contributed by atoms with van der Waals surface area (Å²) in [5, 5.41) is 0. The Morgan fingerprint density at radius 2 is 0.850 bits per heavy atom. The number of aryl methyl sites for hydroxylation is 6. The van der Waals surface area contributed by atoms with Crippen LogP contribution >= 0.6 is 0 Å². The first-order valence-corrected chi connectivity index (χ1v) is 14.2. The lowest BCUT2D eigenvalue weighted by atomic mass is 9.99. The normalized spacial score (nSPS) is 12.2. The zero-order chi connectivity index (χ0) is 30.0. The van der Waals surface area contributed by atoms with Crippen molar-refractivity contribution in [3.8, 4) is 11.5 Å². The number of hydrogen-bond donors (Lipinski definition) is 0. The third-order valence-corrected chi connectivity index (χ3v) is 8.63. The molecule has 0 aromatic heterocycles. The van der Waals surface area contributed by atoms with Gasteiger partial charge in [-0.3, -0.25) is 0 Å². The third-order valence-electron chi connectivity index (χ3n) is 6.50. The predicted octanol–water partition coefficient (Wildman–Crippen LogP) is 9.47. The standard InChI is InChI=1S/C31H35F6O2S/c1-8-9-27-18(2)10-24(11-19(27)3)40(25-12-20(4)28(21(5)13-25)38-16-30(32,33)34)26-14-22(6)29(23(7)15-26)39-17-31(35,36)37/h10-15H,8-9,16-17H2,1-7H3/q+1. The summed E-state index contributed by atoms with van der Waals surface area (Å²) in [5.74, 6) is 0.386. The van der Waals surface area contributed by atoms with E-state index >= 15 is 0 Å². The van der Waals surface area contributed by atoms with E-state index in [0.29, 0.717) is 22.3 Å². The van der Waals surface area contributed by atoms with Crippen LogP contribution in [0.2, 0.25) is 0 Å². The molecule has 0 bridgehead atoms. The number of ether oxygens (including phenoxy) is 2. The SMILES string of the molecule is CCCc1c(C)cc([S+](c2cc(C)c(OCC(F)(F)F)c(C)c2)c2cc(C)c(OCC(F)(F)F)c(C)c2)cc1C. The molecule has 0 aliphatic rings. The highest BCUT2D eigenvalue weighted by Gasteiger charge is 2.34. The first-order chi connectivity index (χ1) is 18.5. The number of alkyl halides is 6. The Morgan fingerprint density at radius 3 is 1.12 bits per heavy atom. The van der Waals surface area contributed by atoms with Gasteiger partial charge >= 0.3 is 12.4 Å². The quantitative estimate of drug-likeness (QED) is 0.184. The Hall–Kier alpha value is -2.81. The molecule has 0 unspecified atom stereocenters. The van der Waals surface area contributed by atoms with Gasteiger partial charge in [0.15, 0.2) is 27.9 Å². The second kappa shape index (κ2) is 12.4. The van der Waals surface area contributed by atoms with E-state index in [1.165, 1.54) is 5.56 Å². The zero-order valence-corrected chi connectivity index (χ0v) is 24.6. The smallest absolute Gasteiger partial charge is 0.422 e. The summed E-state index contributed by atoms with van der Waals surface area (Å²) in [4.78, 5) is 2.76. The van der Waals surface area contributed by atoms with Gasteiger partial charge in [0.05, 0.1) is 10.9 Å². The maximum atomic E-state index is 12.9. The van der Waals surface area contributed by atoms with Gasteiger partial charge in [-0.1, -0.05) is 13.3 Å². The minimum Gasteiger partial charge on any atom is -0.484 e. The molecule has 40 heavy (non-hydrogen) atoms. The molecule has 0 radical (unpaired) electrons. The van der Waals surface area contributed by atoms with Crippen molar-refractivity contribution in [3.63, 3.8) is 0 Å². The van der Waals surface area contributed by atoms with E-state index in [2.05, 4.69) is 32.9 Å². The highest BCUT2D eigenvalue weighted by molar-refractivity contribution is 7.97. The summed E-state index contributed by atoms with van der Waals surface area (Å²) < 4.78 is 87.4. The van der Waals surface area contributed by atoms with Gasteiger partial charge < -0.3 is 9.47 Å². The van der Waals surface area contributed by atoms with Gasteiger partial charge in [-0.25, -0.2) is 0 Å². The van der Waals surface area contributed by atoms with E-state index in [0.717, 1.165) is 38.7 Å². The molecule has 0 N–H and O–H groups in total. The van der Waals surface area contributed by atoms with E-state index in [-0.39, 0.29) is 11.5 Å². The topological polar surface area (TPSA) is 18.5 Å². The summed E-state index contributed by atoms with van der Waals surface area (Å²) in [5.41, 5.74) is 5.87. The van der Waals surface area contributed by atoms with Crippen molar-refractivity contribution in [1.82, 2.24) is 0 Å². The van der Waals surface area contributed by atoms with Gasteiger partial charge in [-0.2, -0.15) is 26.3 Å². The van der Waals surface area contributed by atoms with Crippen molar-refractivity contribution in [3.05, 3.63) is 75.3 Å². The lowest BCUT2D eigenvalue weighted by Crippen LogP contribution is -2.20. The predicted molar refractivity (Wildman–Crippen MR) is 147 cm³/mol. The average Bonchev–Trinajstić information content (AvgIpc) is 2.79. The number of rotatable bonds is 9. The first kappa shape index (κ1) is 31.7. The van der Waals surface area contributed by atoms with Crippen LogP contribution in [0.4, 0.5) is 26.3 Å². The molecule has 2 nitrogen and oxygen atoms in total. The fourth-order valence-corrected chi connectivity index (χ4v) is 7.53. The molecule has 3 aromatic carbocycles.